The highest BCUT2D eigenvalue weighted by atomic mass is 15.3. The number of benzene rings is 1. The predicted octanol–water partition coefficient (Wildman–Crippen LogP) is 1.57. The molecule has 4 nitrogen and oxygen atoms in total. The van der Waals surface area contributed by atoms with Crippen molar-refractivity contribution < 1.29 is 0 Å². The molecule has 4 heteroatoms. The molecule has 0 fully saturated rings. The normalized spacial score (nSPS) is 27.2. The third kappa shape index (κ3) is 1.14. The molecule has 3 heterocycles. The lowest BCUT2D eigenvalue weighted by Crippen LogP contribution is -2.37. The summed E-state index contributed by atoms with van der Waals surface area (Å²) in [6, 6.07) is 8.16. The number of hydrogen-bond acceptors (Lipinski definition) is 4. The molecule has 0 aliphatic carbocycles. The van der Waals surface area contributed by atoms with Crippen molar-refractivity contribution in [2.24, 2.45) is 15.7 Å². The Bertz CT molecular complexity index is 639. The van der Waals surface area contributed by atoms with Crippen molar-refractivity contribution in [3.8, 4) is 0 Å². The average Bonchev–Trinajstić information content (AvgIpc) is 2.78. The number of fused-ring (bicyclic) bond motifs is 5. The van der Waals surface area contributed by atoms with Crippen LogP contribution in [0.15, 0.2) is 58.7 Å². The summed E-state index contributed by atoms with van der Waals surface area (Å²) in [4.78, 5) is 11.4. The zero-order valence-electron chi connectivity index (χ0n) is 9.69. The number of rotatable bonds is 0. The minimum atomic E-state index is -0.0314. The van der Waals surface area contributed by atoms with E-state index in [2.05, 4.69) is 16.0 Å². The van der Waals surface area contributed by atoms with Gasteiger partial charge in [0.15, 0.2) is 6.17 Å². The molecule has 0 amide bonds. The van der Waals surface area contributed by atoms with E-state index in [0.29, 0.717) is 5.84 Å². The Labute approximate surface area is 105 Å². The molecule has 2 N–H and O–H groups in total. The molecule has 2 atom stereocenters. The Morgan fingerprint density at radius 1 is 1.11 bits per heavy atom. The van der Waals surface area contributed by atoms with Crippen molar-refractivity contribution >= 4 is 11.7 Å². The van der Waals surface area contributed by atoms with Crippen molar-refractivity contribution in [2.45, 2.75) is 12.2 Å². The predicted molar refractivity (Wildman–Crippen MR) is 71.2 cm³/mol. The van der Waals surface area contributed by atoms with Gasteiger partial charge in [0.05, 0.1) is 0 Å². The quantitative estimate of drug-likeness (QED) is 0.743. The maximum absolute atomic E-state index is 6.05. The fourth-order valence-corrected chi connectivity index (χ4v) is 2.70. The van der Waals surface area contributed by atoms with Crippen LogP contribution < -0.4 is 5.73 Å². The fourth-order valence-electron chi connectivity index (χ4n) is 2.70. The molecule has 0 radical (unpaired) electrons. The SMILES string of the molecule is NC1=NC2C(N=C3C=CC=CN32)c2ccccc21. The van der Waals surface area contributed by atoms with Crippen molar-refractivity contribution in [3.05, 3.63) is 59.8 Å². The molecule has 88 valence electrons. The van der Waals surface area contributed by atoms with Gasteiger partial charge in [-0.3, -0.25) is 4.99 Å². The number of nitrogens with zero attached hydrogens (tertiary/aromatic N) is 3. The highest BCUT2D eigenvalue weighted by molar-refractivity contribution is 6.02. The Morgan fingerprint density at radius 2 is 2.00 bits per heavy atom. The zero-order valence-corrected chi connectivity index (χ0v) is 9.69. The first-order chi connectivity index (χ1) is 8.84. The molecule has 18 heavy (non-hydrogen) atoms. The van der Waals surface area contributed by atoms with Crippen LogP contribution >= 0.6 is 0 Å². The van der Waals surface area contributed by atoms with Crippen LogP contribution in [0.4, 0.5) is 0 Å². The second-order valence-corrected chi connectivity index (χ2v) is 4.56. The Balaban J connectivity index is 1.91. The summed E-state index contributed by atoms with van der Waals surface area (Å²) in [7, 11) is 0. The zero-order chi connectivity index (χ0) is 12.1. The van der Waals surface area contributed by atoms with Crippen molar-refractivity contribution in [1.29, 1.82) is 0 Å². The van der Waals surface area contributed by atoms with Crippen LogP contribution in [0.2, 0.25) is 0 Å². The van der Waals surface area contributed by atoms with Gasteiger partial charge in [-0.1, -0.05) is 30.3 Å². The van der Waals surface area contributed by atoms with Crippen LogP contribution in [-0.4, -0.2) is 22.7 Å². The van der Waals surface area contributed by atoms with Crippen molar-refractivity contribution in [3.63, 3.8) is 0 Å². The lowest BCUT2D eigenvalue weighted by molar-refractivity contribution is 0.392. The summed E-state index contributed by atoms with van der Waals surface area (Å²) in [5.41, 5.74) is 8.23. The molecular weight excluding hydrogens is 224 g/mol. The molecule has 4 rings (SSSR count). The molecule has 0 saturated heterocycles. The molecule has 1 aromatic rings. The van der Waals surface area contributed by atoms with Crippen molar-refractivity contribution in [1.82, 2.24) is 4.90 Å². The van der Waals surface area contributed by atoms with Gasteiger partial charge in [-0.15, -0.1) is 0 Å². The van der Waals surface area contributed by atoms with E-state index in [9.17, 15) is 0 Å². The summed E-state index contributed by atoms with van der Waals surface area (Å²) < 4.78 is 0. The first kappa shape index (κ1) is 9.65. The topological polar surface area (TPSA) is 54.0 Å². The van der Waals surface area contributed by atoms with Gasteiger partial charge in [-0.05, 0) is 17.7 Å². The molecular formula is C14H12N4. The van der Waals surface area contributed by atoms with Gasteiger partial charge in [-0.25, -0.2) is 4.99 Å². The van der Waals surface area contributed by atoms with E-state index in [0.717, 1.165) is 11.4 Å². The van der Waals surface area contributed by atoms with E-state index in [1.807, 2.05) is 42.6 Å². The Hall–Kier alpha value is -2.36. The maximum atomic E-state index is 6.05. The first-order valence-electron chi connectivity index (χ1n) is 5.98. The van der Waals surface area contributed by atoms with E-state index in [4.69, 9.17) is 10.7 Å². The van der Waals surface area contributed by atoms with Gasteiger partial charge in [-0.2, -0.15) is 0 Å². The summed E-state index contributed by atoms with van der Waals surface area (Å²) in [5, 5.41) is 0. The lowest BCUT2D eigenvalue weighted by atomic mass is 9.95. The smallest absolute Gasteiger partial charge is 0.155 e. The average molecular weight is 236 g/mol. The molecule has 0 bridgehead atoms. The molecule has 3 aliphatic heterocycles. The van der Waals surface area contributed by atoms with Crippen LogP contribution in [0.1, 0.15) is 17.2 Å². The molecule has 0 saturated carbocycles. The lowest BCUT2D eigenvalue weighted by Gasteiger charge is -2.29. The summed E-state index contributed by atoms with van der Waals surface area (Å²) in [5.74, 6) is 1.56. The summed E-state index contributed by atoms with van der Waals surface area (Å²) >= 11 is 0. The molecule has 0 aromatic heterocycles. The number of aliphatic imine (C=N–C) groups is 2. The van der Waals surface area contributed by atoms with Crippen LogP contribution in [0.5, 0.6) is 0 Å². The van der Waals surface area contributed by atoms with Gasteiger partial charge >= 0.3 is 0 Å². The first-order valence-corrected chi connectivity index (χ1v) is 5.98. The molecule has 3 aliphatic rings. The van der Waals surface area contributed by atoms with E-state index >= 15 is 0 Å². The van der Waals surface area contributed by atoms with Gasteiger partial charge in [0, 0.05) is 11.8 Å². The third-order valence-electron chi connectivity index (χ3n) is 3.53. The van der Waals surface area contributed by atoms with Gasteiger partial charge in [0.2, 0.25) is 0 Å². The highest BCUT2D eigenvalue weighted by Gasteiger charge is 2.39. The molecule has 0 spiro atoms. The van der Waals surface area contributed by atoms with E-state index in [-0.39, 0.29) is 12.2 Å². The number of nitrogens with two attached hydrogens (primary N) is 1. The number of allylic oxidation sites excluding steroid dienone is 2. The highest BCUT2D eigenvalue weighted by Crippen LogP contribution is 2.38. The summed E-state index contributed by atoms with van der Waals surface area (Å²) in [6.45, 7) is 0. The number of amidine groups is 2. The summed E-state index contributed by atoms with van der Waals surface area (Å²) in [6.07, 6.45) is 7.97. The minimum absolute atomic E-state index is 0.0314. The largest absolute Gasteiger partial charge is 0.383 e. The second kappa shape index (κ2) is 3.32. The van der Waals surface area contributed by atoms with E-state index < -0.39 is 0 Å². The molecule has 2 unspecified atom stereocenters. The second-order valence-electron chi connectivity index (χ2n) is 4.56. The monoisotopic (exact) mass is 236 g/mol. The Kier molecular flexibility index (Phi) is 1.78. The standard InChI is InChI=1S/C14H12N4/c15-13-10-6-2-1-5-9(10)12-14(17-13)18-8-4-3-7-11(18)16-12/h1-8,12,14H,(H2,15,17). The number of hydrogen-bond donors (Lipinski definition) is 1. The maximum Gasteiger partial charge on any atom is 0.155 e. The molecule has 1 aromatic carbocycles. The van der Waals surface area contributed by atoms with Crippen LogP contribution in [0.25, 0.3) is 0 Å². The van der Waals surface area contributed by atoms with Crippen molar-refractivity contribution in [2.75, 3.05) is 0 Å². The van der Waals surface area contributed by atoms with Gasteiger partial charge in [0.1, 0.15) is 17.7 Å². The Morgan fingerprint density at radius 3 is 2.94 bits per heavy atom. The van der Waals surface area contributed by atoms with E-state index in [1.54, 1.807) is 0 Å². The fraction of sp³-hybridized carbons (Fsp3) is 0.143. The van der Waals surface area contributed by atoms with Crippen LogP contribution in [0.3, 0.4) is 0 Å². The minimum Gasteiger partial charge on any atom is -0.383 e. The van der Waals surface area contributed by atoms with E-state index in [1.165, 1.54) is 5.56 Å². The van der Waals surface area contributed by atoms with Crippen LogP contribution in [-0.2, 0) is 0 Å². The van der Waals surface area contributed by atoms with Gasteiger partial charge < -0.3 is 10.6 Å². The third-order valence-corrected chi connectivity index (χ3v) is 3.53. The van der Waals surface area contributed by atoms with Gasteiger partial charge in [0.25, 0.3) is 0 Å². The van der Waals surface area contributed by atoms with Crippen LogP contribution in [0, 0.1) is 0 Å².